The average molecular weight is 340 g/mol. The van der Waals surface area contributed by atoms with Crippen molar-refractivity contribution in [3.8, 4) is 0 Å². The van der Waals surface area contributed by atoms with Gasteiger partial charge in [-0.1, -0.05) is 23.4 Å². The summed E-state index contributed by atoms with van der Waals surface area (Å²) in [6.45, 7) is 5.33. The standard InChI is InChI=1S/C19H24N4O2/c1-12-5-3-6-13(2)17(12)15-7-4-10-23(15)19(24)20-11-16-21-18(25-22-16)14-8-9-14/h3,5-6,14-15H,4,7-11H2,1-2H3,(H,20,24). The second kappa shape index (κ2) is 6.50. The number of benzene rings is 1. The zero-order valence-corrected chi connectivity index (χ0v) is 14.8. The molecule has 1 atom stereocenters. The molecule has 2 aliphatic rings. The van der Waals surface area contributed by atoms with Crippen LogP contribution in [0.4, 0.5) is 4.79 Å². The van der Waals surface area contributed by atoms with Gasteiger partial charge in [-0.3, -0.25) is 0 Å². The fourth-order valence-corrected chi connectivity index (χ4v) is 3.75. The van der Waals surface area contributed by atoms with Gasteiger partial charge in [0.15, 0.2) is 5.82 Å². The van der Waals surface area contributed by atoms with E-state index in [4.69, 9.17) is 4.52 Å². The number of aryl methyl sites for hydroxylation is 2. The maximum Gasteiger partial charge on any atom is 0.318 e. The van der Waals surface area contributed by atoms with E-state index in [0.29, 0.717) is 24.2 Å². The lowest BCUT2D eigenvalue weighted by atomic mass is 9.95. The third-order valence-electron chi connectivity index (χ3n) is 5.20. The molecule has 1 aliphatic heterocycles. The average Bonchev–Trinajstić information content (AvgIpc) is 3.15. The topological polar surface area (TPSA) is 71.3 Å². The highest BCUT2D eigenvalue weighted by Crippen LogP contribution is 2.39. The van der Waals surface area contributed by atoms with Crippen molar-refractivity contribution in [2.45, 2.75) is 58.0 Å². The molecule has 6 heteroatoms. The Balaban J connectivity index is 1.43. The highest BCUT2D eigenvalue weighted by molar-refractivity contribution is 5.75. The van der Waals surface area contributed by atoms with Gasteiger partial charge in [-0.05, 0) is 56.2 Å². The first-order valence-corrected chi connectivity index (χ1v) is 9.06. The molecule has 1 unspecified atom stereocenters. The number of carbonyl (C=O) groups excluding carboxylic acids is 1. The molecular formula is C19H24N4O2. The van der Waals surface area contributed by atoms with Gasteiger partial charge in [0.1, 0.15) is 0 Å². The van der Waals surface area contributed by atoms with Crippen LogP contribution in [0.1, 0.15) is 66.0 Å². The van der Waals surface area contributed by atoms with Crippen molar-refractivity contribution in [2.75, 3.05) is 6.54 Å². The fraction of sp³-hybridized carbons (Fsp3) is 0.526. The predicted molar refractivity (Wildman–Crippen MR) is 93.1 cm³/mol. The van der Waals surface area contributed by atoms with E-state index in [-0.39, 0.29) is 12.1 Å². The molecule has 132 valence electrons. The normalized spacial score (nSPS) is 20.1. The summed E-state index contributed by atoms with van der Waals surface area (Å²) in [6, 6.07) is 6.41. The maximum absolute atomic E-state index is 12.7. The highest BCUT2D eigenvalue weighted by Gasteiger charge is 2.32. The molecule has 2 aromatic rings. The fourth-order valence-electron chi connectivity index (χ4n) is 3.75. The largest absolute Gasteiger partial charge is 0.339 e. The number of amides is 2. The number of hydrogen-bond donors (Lipinski definition) is 1. The van der Waals surface area contributed by atoms with Gasteiger partial charge in [-0.15, -0.1) is 0 Å². The van der Waals surface area contributed by atoms with Gasteiger partial charge in [0, 0.05) is 12.5 Å². The minimum absolute atomic E-state index is 0.0528. The third-order valence-corrected chi connectivity index (χ3v) is 5.20. The lowest BCUT2D eigenvalue weighted by molar-refractivity contribution is 0.192. The van der Waals surface area contributed by atoms with E-state index in [0.717, 1.165) is 32.2 Å². The molecule has 2 amide bonds. The van der Waals surface area contributed by atoms with Gasteiger partial charge in [-0.25, -0.2) is 4.79 Å². The molecule has 0 radical (unpaired) electrons. The first-order chi connectivity index (χ1) is 12.1. The summed E-state index contributed by atoms with van der Waals surface area (Å²) in [6.07, 6.45) is 4.28. The van der Waals surface area contributed by atoms with E-state index in [1.54, 1.807) is 0 Å². The smallest absolute Gasteiger partial charge is 0.318 e. The summed E-state index contributed by atoms with van der Waals surface area (Å²) in [5.74, 6) is 1.70. The SMILES string of the molecule is Cc1cccc(C)c1C1CCCN1C(=O)NCc1noc(C2CC2)n1. The molecule has 1 aliphatic carbocycles. The van der Waals surface area contributed by atoms with Gasteiger partial charge < -0.3 is 14.7 Å². The molecule has 1 saturated heterocycles. The van der Waals surface area contributed by atoms with Gasteiger partial charge in [-0.2, -0.15) is 4.98 Å². The number of hydrogen-bond acceptors (Lipinski definition) is 4. The molecule has 1 aromatic heterocycles. The first-order valence-electron chi connectivity index (χ1n) is 9.06. The van der Waals surface area contributed by atoms with Crippen LogP contribution in [0.3, 0.4) is 0 Å². The van der Waals surface area contributed by atoms with Gasteiger partial charge in [0.2, 0.25) is 5.89 Å². The van der Waals surface area contributed by atoms with Gasteiger partial charge in [0.25, 0.3) is 0 Å². The van der Waals surface area contributed by atoms with Crippen LogP contribution in [-0.4, -0.2) is 27.6 Å². The molecule has 0 bridgehead atoms. The molecule has 25 heavy (non-hydrogen) atoms. The van der Waals surface area contributed by atoms with E-state index in [1.165, 1.54) is 16.7 Å². The number of aromatic nitrogens is 2. The van der Waals surface area contributed by atoms with Crippen molar-refractivity contribution in [3.05, 3.63) is 46.6 Å². The Morgan fingerprint density at radius 1 is 1.28 bits per heavy atom. The number of likely N-dealkylation sites (tertiary alicyclic amines) is 1. The van der Waals surface area contributed by atoms with Crippen molar-refractivity contribution < 1.29 is 9.32 Å². The van der Waals surface area contributed by atoms with E-state index >= 15 is 0 Å². The maximum atomic E-state index is 12.7. The van der Waals surface area contributed by atoms with Crippen LogP contribution in [0.5, 0.6) is 0 Å². The summed E-state index contributed by atoms with van der Waals surface area (Å²) < 4.78 is 5.24. The molecule has 2 fully saturated rings. The van der Waals surface area contributed by atoms with Crippen molar-refractivity contribution in [1.82, 2.24) is 20.4 Å². The molecule has 0 spiro atoms. The zero-order chi connectivity index (χ0) is 17.4. The van der Waals surface area contributed by atoms with Crippen LogP contribution in [-0.2, 0) is 6.54 Å². The lowest BCUT2D eigenvalue weighted by Crippen LogP contribution is -2.39. The van der Waals surface area contributed by atoms with Crippen LogP contribution in [0.15, 0.2) is 22.7 Å². The van der Waals surface area contributed by atoms with Crippen molar-refractivity contribution in [2.24, 2.45) is 0 Å². The molecule has 6 nitrogen and oxygen atoms in total. The van der Waals surface area contributed by atoms with Crippen LogP contribution in [0.2, 0.25) is 0 Å². The Morgan fingerprint density at radius 3 is 2.76 bits per heavy atom. The van der Waals surface area contributed by atoms with E-state index in [9.17, 15) is 4.79 Å². The molecular weight excluding hydrogens is 316 g/mol. The monoisotopic (exact) mass is 340 g/mol. The molecule has 1 saturated carbocycles. The summed E-state index contributed by atoms with van der Waals surface area (Å²) in [5, 5.41) is 6.92. The Bertz CT molecular complexity index is 761. The Morgan fingerprint density at radius 2 is 2.04 bits per heavy atom. The second-order valence-corrected chi connectivity index (χ2v) is 7.14. The summed E-state index contributed by atoms with van der Waals surface area (Å²) in [7, 11) is 0. The minimum atomic E-state index is -0.0528. The lowest BCUT2D eigenvalue weighted by Gasteiger charge is -2.27. The Hall–Kier alpha value is -2.37. The number of urea groups is 1. The number of nitrogens with one attached hydrogen (secondary N) is 1. The zero-order valence-electron chi connectivity index (χ0n) is 14.8. The molecule has 4 rings (SSSR count). The highest BCUT2D eigenvalue weighted by atomic mass is 16.5. The van der Waals surface area contributed by atoms with Crippen LogP contribution in [0, 0.1) is 13.8 Å². The Kier molecular flexibility index (Phi) is 4.19. The van der Waals surface area contributed by atoms with Crippen LogP contribution >= 0.6 is 0 Å². The van der Waals surface area contributed by atoms with Crippen LogP contribution < -0.4 is 5.32 Å². The minimum Gasteiger partial charge on any atom is -0.339 e. The van der Waals surface area contributed by atoms with Crippen LogP contribution in [0.25, 0.3) is 0 Å². The predicted octanol–water partition coefficient (Wildman–Crippen LogP) is 3.61. The molecule has 1 aromatic carbocycles. The van der Waals surface area contributed by atoms with Crippen molar-refractivity contribution in [1.29, 1.82) is 0 Å². The second-order valence-electron chi connectivity index (χ2n) is 7.14. The van der Waals surface area contributed by atoms with Gasteiger partial charge in [0.05, 0.1) is 12.6 Å². The summed E-state index contributed by atoms with van der Waals surface area (Å²) in [4.78, 5) is 19.0. The first kappa shape index (κ1) is 16.1. The van der Waals surface area contributed by atoms with E-state index in [2.05, 4.69) is 47.5 Å². The quantitative estimate of drug-likeness (QED) is 0.923. The number of rotatable bonds is 4. The number of nitrogens with zero attached hydrogens (tertiary/aromatic N) is 3. The van der Waals surface area contributed by atoms with Crippen molar-refractivity contribution >= 4 is 6.03 Å². The summed E-state index contributed by atoms with van der Waals surface area (Å²) >= 11 is 0. The number of carbonyl (C=O) groups is 1. The van der Waals surface area contributed by atoms with Crippen molar-refractivity contribution in [3.63, 3.8) is 0 Å². The Labute approximate surface area is 147 Å². The summed E-state index contributed by atoms with van der Waals surface area (Å²) in [5.41, 5.74) is 3.78. The van der Waals surface area contributed by atoms with E-state index < -0.39 is 0 Å². The molecule has 1 N–H and O–H groups in total. The van der Waals surface area contributed by atoms with E-state index in [1.807, 2.05) is 4.90 Å². The molecule has 2 heterocycles. The third kappa shape index (κ3) is 3.25. The van der Waals surface area contributed by atoms with Gasteiger partial charge >= 0.3 is 6.03 Å².